The highest BCUT2D eigenvalue weighted by molar-refractivity contribution is 6.08. The van der Waals surface area contributed by atoms with Gasteiger partial charge in [-0.1, -0.05) is 49.4 Å². The van der Waals surface area contributed by atoms with Gasteiger partial charge in [-0.3, -0.25) is 15.0 Å². The molecule has 3 rings (SSSR count). The Morgan fingerprint density at radius 2 is 1.65 bits per heavy atom. The number of para-hydroxylation sites is 2. The second-order valence-electron chi connectivity index (χ2n) is 7.06. The lowest BCUT2D eigenvalue weighted by atomic mass is 9.87. The van der Waals surface area contributed by atoms with Crippen LogP contribution < -0.4 is 20.2 Å². The van der Waals surface area contributed by atoms with Crippen molar-refractivity contribution >= 4 is 17.8 Å². The lowest BCUT2D eigenvalue weighted by molar-refractivity contribution is -0.139. The molecule has 31 heavy (non-hydrogen) atoms. The summed E-state index contributed by atoms with van der Waals surface area (Å²) in [6.07, 6.45) is 0.868. The molecule has 1 aliphatic rings. The molecule has 0 radical (unpaired) electrons. The van der Waals surface area contributed by atoms with Crippen molar-refractivity contribution in [2.24, 2.45) is 0 Å². The number of ether oxygens (including phenoxy) is 2. The number of hydrogen-bond acceptors (Lipinski definition) is 5. The fraction of sp³-hybridized carbons (Fsp3) is 0.348. The molecule has 1 fully saturated rings. The highest BCUT2D eigenvalue weighted by atomic mass is 16.5. The van der Waals surface area contributed by atoms with E-state index >= 15 is 0 Å². The molecular formula is C23H27N3O5. The Morgan fingerprint density at radius 3 is 2.29 bits per heavy atom. The van der Waals surface area contributed by atoms with E-state index in [4.69, 9.17) is 9.47 Å². The number of rotatable bonds is 10. The van der Waals surface area contributed by atoms with E-state index < -0.39 is 23.4 Å². The zero-order chi connectivity index (χ0) is 22.3. The third-order valence-corrected chi connectivity index (χ3v) is 5.08. The van der Waals surface area contributed by atoms with Crippen LogP contribution in [0.2, 0.25) is 0 Å². The molecule has 1 aliphatic heterocycles. The highest BCUT2D eigenvalue weighted by Crippen LogP contribution is 2.31. The number of carbonyl (C=O) groups excluding carboxylic acids is 3. The van der Waals surface area contributed by atoms with Crippen LogP contribution in [0.1, 0.15) is 38.7 Å². The number of amides is 4. The number of urea groups is 1. The lowest BCUT2D eigenvalue weighted by Gasteiger charge is -2.25. The van der Waals surface area contributed by atoms with Crippen LogP contribution in [-0.2, 0) is 15.1 Å². The van der Waals surface area contributed by atoms with E-state index in [-0.39, 0.29) is 6.42 Å². The summed E-state index contributed by atoms with van der Waals surface area (Å²) in [6, 6.07) is 15.7. The van der Waals surface area contributed by atoms with Gasteiger partial charge >= 0.3 is 6.03 Å². The molecule has 0 bridgehead atoms. The van der Waals surface area contributed by atoms with Crippen LogP contribution in [0.5, 0.6) is 11.5 Å². The summed E-state index contributed by atoms with van der Waals surface area (Å²) in [6.45, 7) is 4.52. The minimum Gasteiger partial charge on any atom is -0.490 e. The van der Waals surface area contributed by atoms with E-state index in [1.807, 2.05) is 38.1 Å². The fourth-order valence-corrected chi connectivity index (χ4v) is 3.48. The van der Waals surface area contributed by atoms with Crippen molar-refractivity contribution in [3.63, 3.8) is 0 Å². The Morgan fingerprint density at radius 1 is 1.00 bits per heavy atom. The SMILES string of the molecule is CCOc1ccccc1OCCCC(=O)NN1C(=O)N[C@@](CC)(c2ccccc2)C1=O. The zero-order valence-electron chi connectivity index (χ0n) is 17.7. The molecule has 0 spiro atoms. The van der Waals surface area contributed by atoms with Crippen molar-refractivity contribution in [1.29, 1.82) is 0 Å². The van der Waals surface area contributed by atoms with Crippen LogP contribution in [-0.4, -0.2) is 36.1 Å². The van der Waals surface area contributed by atoms with E-state index in [1.165, 1.54) is 0 Å². The fourth-order valence-electron chi connectivity index (χ4n) is 3.48. The van der Waals surface area contributed by atoms with Crippen LogP contribution in [0.3, 0.4) is 0 Å². The Bertz CT molecular complexity index is 934. The summed E-state index contributed by atoms with van der Waals surface area (Å²) in [5.74, 6) is 0.312. The number of imide groups is 1. The van der Waals surface area contributed by atoms with Gasteiger partial charge in [0.1, 0.15) is 5.54 Å². The van der Waals surface area contributed by atoms with Gasteiger partial charge in [0.25, 0.3) is 5.91 Å². The first-order chi connectivity index (χ1) is 15.0. The third-order valence-electron chi connectivity index (χ3n) is 5.08. The first-order valence-corrected chi connectivity index (χ1v) is 10.4. The molecule has 2 aromatic rings. The molecule has 1 heterocycles. The average Bonchev–Trinajstić information content (AvgIpc) is 3.03. The summed E-state index contributed by atoms with van der Waals surface area (Å²) in [5.41, 5.74) is 1.91. The molecule has 0 saturated carbocycles. The summed E-state index contributed by atoms with van der Waals surface area (Å²) < 4.78 is 11.2. The molecule has 164 valence electrons. The van der Waals surface area contributed by atoms with Crippen molar-refractivity contribution < 1.29 is 23.9 Å². The molecule has 8 heteroatoms. The van der Waals surface area contributed by atoms with E-state index in [0.29, 0.717) is 43.1 Å². The van der Waals surface area contributed by atoms with E-state index in [9.17, 15) is 14.4 Å². The van der Waals surface area contributed by atoms with Crippen LogP contribution >= 0.6 is 0 Å². The molecule has 0 aromatic heterocycles. The predicted octanol–water partition coefficient (Wildman–Crippen LogP) is 3.13. The smallest absolute Gasteiger partial charge is 0.344 e. The standard InChI is InChI=1S/C23H27N3O5/c1-3-23(17-11-6-5-7-12-17)21(28)26(22(29)24-23)25-20(27)15-10-16-31-19-14-9-8-13-18(19)30-4-2/h5-9,11-14H,3-4,10,15-16H2,1-2H3,(H,24,29)(H,25,27)/t23-/m0/s1. The molecule has 8 nitrogen and oxygen atoms in total. The van der Waals surface area contributed by atoms with E-state index in [1.54, 1.807) is 30.3 Å². The second-order valence-corrected chi connectivity index (χ2v) is 7.06. The van der Waals surface area contributed by atoms with Gasteiger partial charge in [-0.25, -0.2) is 4.79 Å². The Hall–Kier alpha value is -3.55. The molecule has 0 aliphatic carbocycles. The second kappa shape index (κ2) is 9.97. The first kappa shape index (κ1) is 22.1. The lowest BCUT2D eigenvalue weighted by Crippen LogP contribution is -2.48. The van der Waals surface area contributed by atoms with Crippen LogP contribution in [0.15, 0.2) is 54.6 Å². The third kappa shape index (κ3) is 4.79. The maximum Gasteiger partial charge on any atom is 0.344 e. The summed E-state index contributed by atoms with van der Waals surface area (Å²) in [7, 11) is 0. The molecule has 2 aromatic carbocycles. The summed E-state index contributed by atoms with van der Waals surface area (Å²) in [4.78, 5) is 37.8. The van der Waals surface area contributed by atoms with Gasteiger partial charge in [0.2, 0.25) is 5.91 Å². The molecular weight excluding hydrogens is 398 g/mol. The summed E-state index contributed by atoms with van der Waals surface area (Å²) in [5, 5.41) is 3.50. The number of benzene rings is 2. The van der Waals surface area contributed by atoms with Gasteiger partial charge in [-0.05, 0) is 37.5 Å². The highest BCUT2D eigenvalue weighted by Gasteiger charge is 2.52. The number of nitrogens with one attached hydrogen (secondary N) is 2. The number of hydrazine groups is 1. The maximum absolute atomic E-state index is 13.0. The normalized spacial score (nSPS) is 17.9. The van der Waals surface area contributed by atoms with Gasteiger partial charge in [0.15, 0.2) is 11.5 Å². The average molecular weight is 425 g/mol. The van der Waals surface area contributed by atoms with Crippen molar-refractivity contribution in [3.05, 3.63) is 60.2 Å². The monoisotopic (exact) mass is 425 g/mol. The Balaban J connectivity index is 1.54. The Kier molecular flexibility index (Phi) is 7.12. The first-order valence-electron chi connectivity index (χ1n) is 10.4. The molecule has 1 atom stereocenters. The van der Waals surface area contributed by atoms with Crippen molar-refractivity contribution in [2.45, 2.75) is 38.6 Å². The quantitative estimate of drug-likeness (QED) is 0.450. The van der Waals surface area contributed by atoms with Crippen LogP contribution in [0.25, 0.3) is 0 Å². The topological polar surface area (TPSA) is 97.0 Å². The van der Waals surface area contributed by atoms with E-state index in [2.05, 4.69) is 10.7 Å². The number of hydrogen-bond donors (Lipinski definition) is 2. The van der Waals surface area contributed by atoms with Crippen LogP contribution in [0, 0.1) is 0 Å². The van der Waals surface area contributed by atoms with Gasteiger partial charge in [0.05, 0.1) is 13.2 Å². The predicted molar refractivity (Wildman–Crippen MR) is 114 cm³/mol. The van der Waals surface area contributed by atoms with Gasteiger partial charge < -0.3 is 14.8 Å². The summed E-state index contributed by atoms with van der Waals surface area (Å²) >= 11 is 0. The Labute approximate surface area is 181 Å². The van der Waals surface area contributed by atoms with Gasteiger partial charge in [0, 0.05) is 6.42 Å². The van der Waals surface area contributed by atoms with Crippen molar-refractivity contribution in [2.75, 3.05) is 13.2 Å². The number of nitrogens with zero attached hydrogens (tertiary/aromatic N) is 1. The van der Waals surface area contributed by atoms with Crippen molar-refractivity contribution in [3.8, 4) is 11.5 Å². The molecule has 1 saturated heterocycles. The van der Waals surface area contributed by atoms with Crippen LogP contribution in [0.4, 0.5) is 4.79 Å². The minimum absolute atomic E-state index is 0.0956. The maximum atomic E-state index is 13.0. The van der Waals surface area contributed by atoms with Gasteiger partial charge in [-0.15, -0.1) is 0 Å². The van der Waals surface area contributed by atoms with E-state index in [0.717, 1.165) is 5.01 Å². The molecule has 2 N–H and O–H groups in total. The minimum atomic E-state index is -1.18. The number of carbonyl (C=O) groups is 3. The van der Waals surface area contributed by atoms with Crippen molar-refractivity contribution in [1.82, 2.24) is 15.8 Å². The molecule has 4 amide bonds. The largest absolute Gasteiger partial charge is 0.490 e. The zero-order valence-corrected chi connectivity index (χ0v) is 17.7. The van der Waals surface area contributed by atoms with Gasteiger partial charge in [-0.2, -0.15) is 5.01 Å². The molecule has 0 unspecified atom stereocenters.